The molecule has 0 spiro atoms. The van der Waals surface area contributed by atoms with Crippen molar-refractivity contribution in [2.75, 3.05) is 19.6 Å². The number of aliphatic carboxylic acids is 1. The lowest BCUT2D eigenvalue weighted by Gasteiger charge is -2.28. The van der Waals surface area contributed by atoms with Gasteiger partial charge in [-0.15, -0.1) is 0 Å². The standard InChI is InChI=1S/C57H100N14O12/c1-32(2)28-44(69-48(73)35(7)62-51(76)40(61)31-39-20-12-11-13-21-39)55(80)65-36(8)47(72)66-41(22-14-17-25-58)52(77)63-37(9)49(74)70-45(29-33(3)4)56(81)68-43(24-16-19-27-60)54(79)67-42(23-15-18-26-59)53(78)64-38(10)50(75)71-46(57(82)83)30-34(5)6/h11-13,20-21,32-38,40-46H,14-19,22-31,58-61H2,1-10H3,(H,62,76)(H,63,77)(H,64,78)(H,65,80)(H,66,72)(H,67,79)(H,68,81)(H,69,73)(H,70,74)(H,71,75)(H,82,83)/t35-,36-,37-,38-,40-,41-,42-,43-,44-,45-,46-/m0/s1. The van der Waals surface area contributed by atoms with Crippen LogP contribution in [0.1, 0.15) is 152 Å². The minimum absolute atomic E-state index is 0.0493. The first-order chi connectivity index (χ1) is 39.0. The molecule has 10 amide bonds. The molecule has 1 aromatic rings. The number of benzene rings is 1. The molecule has 0 unspecified atom stereocenters. The number of nitrogens with one attached hydrogen (secondary N) is 10. The van der Waals surface area contributed by atoms with Crippen LogP contribution in [0.2, 0.25) is 0 Å². The van der Waals surface area contributed by atoms with Gasteiger partial charge in [-0.2, -0.15) is 0 Å². The lowest BCUT2D eigenvalue weighted by Crippen LogP contribution is -2.60. The van der Waals surface area contributed by atoms with E-state index < -0.39 is 132 Å². The predicted octanol–water partition coefficient (Wildman–Crippen LogP) is -0.906. The SMILES string of the molecule is CC(C)C[C@H](NC(=O)[C@H](C)NC(=O)[C@H](CCCCN)NC(=O)[C@H](CCCCN)NC(=O)[C@H](CC(C)C)NC(=O)[C@H](C)NC(=O)[C@H](CCCCN)NC(=O)[C@H](C)NC(=O)[C@H](CC(C)C)NC(=O)[C@H](C)NC(=O)[C@@H](N)Cc1ccccc1)C(=O)O. The van der Waals surface area contributed by atoms with Gasteiger partial charge < -0.3 is 81.2 Å². The topological polar surface area (TPSA) is 432 Å². The molecule has 470 valence electrons. The minimum atomic E-state index is -1.27. The largest absolute Gasteiger partial charge is 0.480 e. The number of rotatable bonds is 41. The van der Waals surface area contributed by atoms with E-state index in [1.165, 1.54) is 27.7 Å². The van der Waals surface area contributed by atoms with Gasteiger partial charge in [0, 0.05) is 0 Å². The lowest BCUT2D eigenvalue weighted by atomic mass is 10.0. The quantitative estimate of drug-likeness (QED) is 0.0353. The van der Waals surface area contributed by atoms with E-state index in [4.69, 9.17) is 22.9 Å². The molecule has 0 bridgehead atoms. The molecule has 0 aromatic heterocycles. The zero-order valence-electron chi connectivity index (χ0n) is 50.5. The van der Waals surface area contributed by atoms with Gasteiger partial charge in [-0.3, -0.25) is 47.9 Å². The summed E-state index contributed by atoms with van der Waals surface area (Å²) in [6, 6.07) is -3.71. The van der Waals surface area contributed by atoms with Crippen molar-refractivity contribution >= 4 is 65.0 Å². The molecule has 0 saturated heterocycles. The van der Waals surface area contributed by atoms with Crippen molar-refractivity contribution in [2.24, 2.45) is 40.7 Å². The Bertz CT molecular complexity index is 2240. The van der Waals surface area contributed by atoms with E-state index in [0.717, 1.165) is 5.56 Å². The van der Waals surface area contributed by atoms with E-state index in [1.54, 1.807) is 13.8 Å². The van der Waals surface area contributed by atoms with Crippen LogP contribution in [0.25, 0.3) is 0 Å². The molecule has 1 rings (SSSR count). The third-order valence-corrected chi connectivity index (χ3v) is 13.4. The number of hydrogen-bond donors (Lipinski definition) is 15. The number of carboxylic acid groups (broad SMARTS) is 1. The van der Waals surface area contributed by atoms with Crippen molar-refractivity contribution < 1.29 is 57.8 Å². The van der Waals surface area contributed by atoms with Crippen LogP contribution >= 0.6 is 0 Å². The molecule has 11 atom stereocenters. The van der Waals surface area contributed by atoms with Gasteiger partial charge in [0.2, 0.25) is 59.1 Å². The highest BCUT2D eigenvalue weighted by molar-refractivity contribution is 5.98. The number of unbranched alkanes of at least 4 members (excludes halogenated alkanes) is 3. The smallest absolute Gasteiger partial charge is 0.326 e. The van der Waals surface area contributed by atoms with E-state index >= 15 is 0 Å². The fraction of sp³-hybridized carbons (Fsp3) is 0.702. The van der Waals surface area contributed by atoms with E-state index in [2.05, 4.69) is 53.2 Å². The Balaban J connectivity index is 3.22. The Kier molecular flexibility index (Phi) is 35.5. The second-order valence-corrected chi connectivity index (χ2v) is 22.7. The van der Waals surface area contributed by atoms with Gasteiger partial charge in [-0.25, -0.2) is 4.79 Å². The molecule has 0 radical (unpaired) electrons. The first-order valence-electron chi connectivity index (χ1n) is 29.2. The van der Waals surface area contributed by atoms with Gasteiger partial charge in [-0.1, -0.05) is 71.9 Å². The van der Waals surface area contributed by atoms with Gasteiger partial charge in [0.1, 0.15) is 60.4 Å². The average molecular weight is 1170 g/mol. The summed E-state index contributed by atoms with van der Waals surface area (Å²) in [4.78, 5) is 148. The van der Waals surface area contributed by atoms with Crippen LogP contribution in [0.3, 0.4) is 0 Å². The van der Waals surface area contributed by atoms with Crippen molar-refractivity contribution in [3.8, 4) is 0 Å². The van der Waals surface area contributed by atoms with Crippen molar-refractivity contribution in [3.63, 3.8) is 0 Å². The zero-order chi connectivity index (χ0) is 62.9. The molecule has 1 aromatic carbocycles. The molecule has 0 heterocycles. The molecular formula is C57H100N14O12. The summed E-state index contributed by atoms with van der Waals surface area (Å²) in [6.07, 6.45) is 3.62. The van der Waals surface area contributed by atoms with Crippen LogP contribution in [0.4, 0.5) is 0 Å². The number of nitrogens with two attached hydrogens (primary N) is 4. The van der Waals surface area contributed by atoms with Crippen LogP contribution in [-0.4, -0.2) is 156 Å². The molecule has 83 heavy (non-hydrogen) atoms. The predicted molar refractivity (Wildman–Crippen MR) is 315 cm³/mol. The molecule has 0 aliphatic heterocycles. The molecule has 0 fully saturated rings. The summed E-state index contributed by atoms with van der Waals surface area (Å²) in [5.74, 6) is -8.66. The molecule has 19 N–H and O–H groups in total. The fourth-order valence-corrected chi connectivity index (χ4v) is 8.60. The molecule has 26 nitrogen and oxygen atoms in total. The van der Waals surface area contributed by atoms with Gasteiger partial charge in [-0.05, 0) is 154 Å². The summed E-state index contributed by atoms with van der Waals surface area (Å²) in [5.41, 5.74) is 24.2. The van der Waals surface area contributed by atoms with Crippen LogP contribution in [-0.2, 0) is 59.2 Å². The second-order valence-electron chi connectivity index (χ2n) is 22.7. The average Bonchev–Trinajstić information content (AvgIpc) is 3.41. The maximum atomic E-state index is 14.1. The normalized spacial score (nSPS) is 15.3. The lowest BCUT2D eigenvalue weighted by molar-refractivity contribution is -0.142. The second kappa shape index (κ2) is 39.7. The molecular weight excluding hydrogens is 1070 g/mol. The number of amides is 10. The molecule has 26 heteroatoms. The zero-order valence-corrected chi connectivity index (χ0v) is 50.5. The highest BCUT2D eigenvalue weighted by atomic mass is 16.4. The van der Waals surface area contributed by atoms with Crippen LogP contribution in [0.15, 0.2) is 30.3 Å². The van der Waals surface area contributed by atoms with Gasteiger partial charge in [0.05, 0.1) is 6.04 Å². The highest BCUT2D eigenvalue weighted by Crippen LogP contribution is 2.12. The summed E-state index contributed by atoms with van der Waals surface area (Å²) in [5, 5.41) is 35.9. The van der Waals surface area contributed by atoms with Crippen LogP contribution in [0, 0.1) is 17.8 Å². The first-order valence-corrected chi connectivity index (χ1v) is 29.2. The number of carbonyl (C=O) groups is 11. The van der Waals surface area contributed by atoms with Gasteiger partial charge in [0.25, 0.3) is 0 Å². The third-order valence-electron chi connectivity index (χ3n) is 13.4. The monoisotopic (exact) mass is 1170 g/mol. The van der Waals surface area contributed by atoms with Gasteiger partial charge in [0.15, 0.2) is 0 Å². The maximum Gasteiger partial charge on any atom is 0.326 e. The summed E-state index contributed by atoms with van der Waals surface area (Å²) in [6.45, 7) is 17.4. The Morgan fingerprint density at radius 3 is 0.952 bits per heavy atom. The van der Waals surface area contributed by atoms with E-state index in [9.17, 15) is 57.8 Å². The van der Waals surface area contributed by atoms with E-state index in [-0.39, 0.29) is 75.8 Å². The summed E-state index contributed by atoms with van der Waals surface area (Å²) >= 11 is 0. The van der Waals surface area contributed by atoms with Crippen molar-refractivity contribution in [1.82, 2.24) is 53.2 Å². The summed E-state index contributed by atoms with van der Waals surface area (Å²) in [7, 11) is 0. The van der Waals surface area contributed by atoms with Crippen molar-refractivity contribution in [3.05, 3.63) is 35.9 Å². The van der Waals surface area contributed by atoms with Gasteiger partial charge >= 0.3 is 5.97 Å². The van der Waals surface area contributed by atoms with Crippen molar-refractivity contribution in [1.29, 1.82) is 0 Å². The molecule has 0 aliphatic carbocycles. The number of carboxylic acids is 1. The molecule has 0 aliphatic rings. The van der Waals surface area contributed by atoms with E-state index in [0.29, 0.717) is 45.1 Å². The van der Waals surface area contributed by atoms with Crippen LogP contribution < -0.4 is 76.1 Å². The third kappa shape index (κ3) is 29.9. The van der Waals surface area contributed by atoms with E-state index in [1.807, 2.05) is 58.0 Å². The van der Waals surface area contributed by atoms with Crippen molar-refractivity contribution in [2.45, 2.75) is 219 Å². The highest BCUT2D eigenvalue weighted by Gasteiger charge is 2.34. The minimum Gasteiger partial charge on any atom is -0.480 e. The fourth-order valence-electron chi connectivity index (χ4n) is 8.60. The Hall–Kier alpha value is -6.77. The summed E-state index contributed by atoms with van der Waals surface area (Å²) < 4.78 is 0. The Labute approximate surface area is 489 Å². The first kappa shape index (κ1) is 74.2. The Morgan fingerprint density at radius 1 is 0.361 bits per heavy atom. The maximum absolute atomic E-state index is 14.1. The number of carbonyl (C=O) groups excluding carboxylic acids is 10. The molecule has 0 saturated carbocycles. The number of hydrogen-bond acceptors (Lipinski definition) is 15. The Morgan fingerprint density at radius 2 is 0.627 bits per heavy atom. The van der Waals surface area contributed by atoms with Crippen LogP contribution in [0.5, 0.6) is 0 Å².